The number of piperidine rings is 1. The topological polar surface area (TPSA) is 163 Å². The van der Waals surface area contributed by atoms with Gasteiger partial charge in [-0.2, -0.15) is 0 Å². The molecule has 0 amide bonds. The molecule has 6 rings (SSSR count). The Morgan fingerprint density at radius 3 is 2.39 bits per heavy atom. The van der Waals surface area contributed by atoms with Crippen LogP contribution in [-0.4, -0.2) is 121 Å². The number of likely N-dealkylation sites (tertiary alicyclic amines) is 1. The molecule has 0 spiro atoms. The lowest BCUT2D eigenvalue weighted by Gasteiger charge is -2.60. The maximum Gasteiger partial charge on any atom is 0.187 e. The average molecular weight is 624 g/mol. The molecular weight excluding hydrogens is 566 g/mol. The number of hydrogen-bond donors (Lipinski definition) is 7. The molecule has 16 atom stereocenters. The first-order valence-corrected chi connectivity index (χ1v) is 17.0. The van der Waals surface area contributed by atoms with Crippen LogP contribution >= 0.6 is 0 Å². The van der Waals surface area contributed by atoms with Gasteiger partial charge in [0.15, 0.2) is 6.29 Å². The Bertz CT molecular complexity index is 1100. The summed E-state index contributed by atoms with van der Waals surface area (Å²) in [6.07, 6.45) is 2.44. The number of ether oxygens (including phenoxy) is 2. The highest BCUT2D eigenvalue weighted by Gasteiger charge is 2.66. The zero-order chi connectivity index (χ0) is 32.0. The van der Waals surface area contributed by atoms with Crippen LogP contribution < -0.4 is 0 Å². The highest BCUT2D eigenvalue weighted by molar-refractivity contribution is 5.26. The maximum atomic E-state index is 12.5. The Hall–Kier alpha value is -0.660. The molecule has 0 bridgehead atoms. The van der Waals surface area contributed by atoms with Crippen LogP contribution in [-0.2, 0) is 9.47 Å². The molecule has 10 nitrogen and oxygen atoms in total. The number of fused-ring (bicyclic) bond motifs is 5. The normalized spacial score (nSPS) is 54.5. The molecule has 3 saturated carbocycles. The highest BCUT2D eigenvalue weighted by atomic mass is 16.7. The monoisotopic (exact) mass is 623 g/mol. The number of hydrogen-bond acceptors (Lipinski definition) is 10. The summed E-state index contributed by atoms with van der Waals surface area (Å²) >= 11 is 0. The summed E-state index contributed by atoms with van der Waals surface area (Å²) in [4.78, 5) is 2.09. The fraction of sp³-hybridized carbons (Fsp3) is 0.941. The van der Waals surface area contributed by atoms with Crippen molar-refractivity contribution in [2.45, 2.75) is 146 Å². The van der Waals surface area contributed by atoms with Crippen LogP contribution in [0.5, 0.6) is 0 Å². The molecular formula is C34H57NO9. The van der Waals surface area contributed by atoms with Crippen LogP contribution in [0.3, 0.4) is 0 Å². The third kappa shape index (κ3) is 5.15. The summed E-state index contributed by atoms with van der Waals surface area (Å²) in [7, 11) is 1.96. The number of aliphatic hydroxyl groups is 7. The molecule has 6 aliphatic rings. The average Bonchev–Trinajstić information content (AvgIpc) is 3.24. The molecule has 0 aromatic rings. The van der Waals surface area contributed by atoms with Crippen molar-refractivity contribution in [3.8, 4) is 0 Å². The standard InChI is InChI=1S/C34H57NO9/c1-31(44-30-28(41)27(40)26(39)24(16-36)43-30)11-10-25(35(5)17-31)34(4,42)29-23(38)15-22-20-7-6-18-14-19(37)8-12-32(18,2)21(20)9-13-33(22,29)3/h6,19-30,36-42H,7-17H2,1-5H3. The van der Waals surface area contributed by atoms with Crippen molar-refractivity contribution >= 4 is 0 Å². The zero-order valence-corrected chi connectivity index (χ0v) is 27.2. The number of rotatable bonds is 5. The molecule has 10 heteroatoms. The van der Waals surface area contributed by atoms with Crippen molar-refractivity contribution < 1.29 is 45.2 Å². The second-order valence-corrected chi connectivity index (χ2v) is 16.4. The van der Waals surface area contributed by atoms with Crippen molar-refractivity contribution in [1.82, 2.24) is 4.90 Å². The van der Waals surface area contributed by atoms with Crippen LogP contribution in [0.15, 0.2) is 11.6 Å². The summed E-state index contributed by atoms with van der Waals surface area (Å²) in [6, 6.07) is -0.225. The zero-order valence-electron chi connectivity index (χ0n) is 27.2. The van der Waals surface area contributed by atoms with Gasteiger partial charge in [-0.25, -0.2) is 0 Å². The molecule has 2 aliphatic heterocycles. The van der Waals surface area contributed by atoms with E-state index >= 15 is 0 Å². The van der Waals surface area contributed by atoms with E-state index in [0.29, 0.717) is 43.6 Å². The van der Waals surface area contributed by atoms with Crippen molar-refractivity contribution in [3.63, 3.8) is 0 Å². The third-order valence-electron chi connectivity index (χ3n) is 13.7. The van der Waals surface area contributed by atoms with Gasteiger partial charge in [-0.3, -0.25) is 4.90 Å². The first-order valence-electron chi connectivity index (χ1n) is 17.0. The minimum atomic E-state index is -1.50. The van der Waals surface area contributed by atoms with E-state index in [9.17, 15) is 35.7 Å². The predicted molar refractivity (Wildman–Crippen MR) is 162 cm³/mol. The second-order valence-electron chi connectivity index (χ2n) is 16.4. The van der Waals surface area contributed by atoms with E-state index < -0.39 is 54.6 Å². The van der Waals surface area contributed by atoms with E-state index in [-0.39, 0.29) is 28.9 Å². The predicted octanol–water partition coefficient (Wildman–Crippen LogP) is 1.32. The molecule has 0 aromatic carbocycles. The third-order valence-corrected chi connectivity index (χ3v) is 13.7. The summed E-state index contributed by atoms with van der Waals surface area (Å²) in [5, 5.41) is 75.1. The number of allylic oxidation sites excluding steroid dienone is 1. The van der Waals surface area contributed by atoms with Gasteiger partial charge in [0.25, 0.3) is 0 Å². The Morgan fingerprint density at radius 2 is 1.70 bits per heavy atom. The molecule has 0 aromatic heterocycles. The van der Waals surface area contributed by atoms with Crippen LogP contribution in [0, 0.1) is 34.5 Å². The Morgan fingerprint density at radius 1 is 0.977 bits per heavy atom. The fourth-order valence-electron chi connectivity index (χ4n) is 11.6. The fourth-order valence-corrected chi connectivity index (χ4v) is 11.6. The first kappa shape index (κ1) is 33.2. The van der Waals surface area contributed by atoms with Crippen LogP contribution in [0.4, 0.5) is 0 Å². The van der Waals surface area contributed by atoms with Gasteiger partial charge in [0.05, 0.1) is 30.0 Å². The summed E-state index contributed by atoms with van der Waals surface area (Å²) < 4.78 is 11.9. The van der Waals surface area contributed by atoms with Gasteiger partial charge < -0.3 is 45.2 Å². The van der Waals surface area contributed by atoms with E-state index in [1.807, 2.05) is 20.9 Å². The van der Waals surface area contributed by atoms with E-state index in [4.69, 9.17) is 9.47 Å². The maximum absolute atomic E-state index is 12.5. The van der Waals surface area contributed by atoms with Crippen LogP contribution in [0.2, 0.25) is 0 Å². The van der Waals surface area contributed by atoms with Crippen LogP contribution in [0.1, 0.15) is 85.5 Å². The van der Waals surface area contributed by atoms with Gasteiger partial charge >= 0.3 is 0 Å². The van der Waals surface area contributed by atoms with Gasteiger partial charge in [0.1, 0.15) is 24.4 Å². The van der Waals surface area contributed by atoms with Crippen molar-refractivity contribution in [3.05, 3.63) is 11.6 Å². The molecule has 16 unspecified atom stereocenters. The van der Waals surface area contributed by atoms with Gasteiger partial charge in [-0.05, 0) is 107 Å². The Kier molecular flexibility index (Phi) is 8.69. The molecule has 44 heavy (non-hydrogen) atoms. The lowest BCUT2D eigenvalue weighted by atomic mass is 9.46. The largest absolute Gasteiger partial charge is 0.394 e. The minimum Gasteiger partial charge on any atom is -0.394 e. The smallest absolute Gasteiger partial charge is 0.187 e. The summed E-state index contributed by atoms with van der Waals surface area (Å²) in [5.41, 5.74) is -0.591. The van der Waals surface area contributed by atoms with Crippen molar-refractivity contribution in [2.24, 2.45) is 34.5 Å². The van der Waals surface area contributed by atoms with Gasteiger partial charge in [-0.15, -0.1) is 0 Å². The number of aliphatic hydroxyl groups excluding tert-OH is 6. The minimum absolute atomic E-state index is 0.115. The summed E-state index contributed by atoms with van der Waals surface area (Å²) in [6.45, 7) is 8.44. The SMILES string of the molecule is CN1CC(C)(OC2OC(CO)C(O)C(O)C2O)CCC1C(C)(O)C1C(O)CC2C3CC=C4CC(O)CCC4(C)C3CCC21C. The van der Waals surface area contributed by atoms with Crippen molar-refractivity contribution in [2.75, 3.05) is 20.2 Å². The molecule has 252 valence electrons. The number of likely N-dealkylation sites (N-methyl/N-ethyl adjacent to an activating group) is 1. The number of nitrogens with zero attached hydrogens (tertiary/aromatic N) is 1. The van der Waals surface area contributed by atoms with Gasteiger partial charge in [0, 0.05) is 18.5 Å². The van der Waals surface area contributed by atoms with E-state index in [1.54, 1.807) is 0 Å². The van der Waals surface area contributed by atoms with E-state index in [0.717, 1.165) is 38.5 Å². The quantitative estimate of drug-likeness (QED) is 0.222. The highest BCUT2D eigenvalue weighted by Crippen LogP contribution is 2.68. The second kappa shape index (κ2) is 11.5. The lowest BCUT2D eigenvalue weighted by molar-refractivity contribution is -0.330. The summed E-state index contributed by atoms with van der Waals surface area (Å²) in [5.74, 6) is 1.05. The molecule has 5 fully saturated rings. The van der Waals surface area contributed by atoms with Crippen LogP contribution in [0.25, 0.3) is 0 Å². The van der Waals surface area contributed by atoms with E-state index in [1.165, 1.54) is 5.57 Å². The Balaban J connectivity index is 1.17. The van der Waals surface area contributed by atoms with E-state index in [2.05, 4.69) is 24.8 Å². The van der Waals surface area contributed by atoms with Crippen molar-refractivity contribution in [1.29, 1.82) is 0 Å². The molecule has 0 radical (unpaired) electrons. The first-order chi connectivity index (χ1) is 20.6. The molecule has 2 heterocycles. The molecule has 7 N–H and O–H groups in total. The molecule has 4 aliphatic carbocycles. The Labute approximate surface area is 262 Å². The lowest BCUT2D eigenvalue weighted by Crippen LogP contribution is -2.66. The van der Waals surface area contributed by atoms with Gasteiger partial charge in [-0.1, -0.05) is 25.5 Å². The molecule has 2 saturated heterocycles. The van der Waals surface area contributed by atoms with Gasteiger partial charge in [0.2, 0.25) is 0 Å².